The lowest BCUT2D eigenvalue weighted by molar-refractivity contribution is -0.130. The van der Waals surface area contributed by atoms with Crippen LogP contribution < -0.4 is 14.4 Å². The highest BCUT2D eigenvalue weighted by molar-refractivity contribution is 5.95. The molecule has 0 bridgehead atoms. The fourth-order valence-corrected chi connectivity index (χ4v) is 3.34. The normalized spacial score (nSPS) is 17.0. The average molecular weight is 397 g/mol. The van der Waals surface area contributed by atoms with E-state index in [1.807, 2.05) is 47.0 Å². The van der Waals surface area contributed by atoms with Crippen LogP contribution in [0.4, 0.5) is 5.69 Å². The molecule has 1 amide bonds. The summed E-state index contributed by atoms with van der Waals surface area (Å²) >= 11 is 0. The molecule has 0 saturated carbocycles. The number of pyridine rings is 1. The van der Waals surface area contributed by atoms with Crippen molar-refractivity contribution in [3.8, 4) is 11.5 Å². The van der Waals surface area contributed by atoms with E-state index in [1.165, 1.54) is 0 Å². The van der Waals surface area contributed by atoms with Crippen molar-refractivity contribution in [2.75, 3.05) is 38.9 Å². The van der Waals surface area contributed by atoms with Gasteiger partial charge in [-0.2, -0.15) is 0 Å². The molecule has 0 spiro atoms. The number of carbonyl (C=O) groups is 1. The van der Waals surface area contributed by atoms with Crippen LogP contribution >= 0.6 is 0 Å². The van der Waals surface area contributed by atoms with Crippen molar-refractivity contribution in [3.05, 3.63) is 54.5 Å². The van der Waals surface area contributed by atoms with Gasteiger partial charge < -0.3 is 23.8 Å². The first-order chi connectivity index (χ1) is 14.2. The standard InChI is InChI=1S/C21H23N3O5/c1-26-12-16-5-8-19(21-22-9-10-23(16)21)29-13-18-11-24(20(25)14-28-18)15-3-6-17(27-2)7-4-15/h3-10,18H,11-14H2,1-2H3. The Morgan fingerprint density at radius 3 is 2.76 bits per heavy atom. The number of aromatic nitrogens is 2. The Kier molecular flexibility index (Phi) is 5.64. The van der Waals surface area contributed by atoms with Gasteiger partial charge in [0.05, 0.1) is 26.0 Å². The second-order valence-electron chi connectivity index (χ2n) is 6.69. The molecule has 29 heavy (non-hydrogen) atoms. The molecule has 0 N–H and O–H groups in total. The fourth-order valence-electron chi connectivity index (χ4n) is 3.34. The molecule has 1 saturated heterocycles. The van der Waals surface area contributed by atoms with Gasteiger partial charge in [-0.1, -0.05) is 0 Å². The van der Waals surface area contributed by atoms with Crippen LogP contribution in [0.15, 0.2) is 48.8 Å². The molecule has 1 aliphatic rings. The van der Waals surface area contributed by atoms with Gasteiger partial charge in [-0.05, 0) is 36.4 Å². The highest BCUT2D eigenvalue weighted by Gasteiger charge is 2.28. The predicted molar refractivity (Wildman–Crippen MR) is 106 cm³/mol. The van der Waals surface area contributed by atoms with E-state index in [4.69, 9.17) is 18.9 Å². The molecule has 1 aromatic carbocycles. The monoisotopic (exact) mass is 397 g/mol. The first kappa shape index (κ1) is 19.2. The first-order valence-electron chi connectivity index (χ1n) is 9.32. The number of hydrogen-bond donors (Lipinski definition) is 0. The van der Waals surface area contributed by atoms with E-state index >= 15 is 0 Å². The highest BCUT2D eigenvalue weighted by Crippen LogP contribution is 2.24. The predicted octanol–water partition coefficient (Wildman–Crippen LogP) is 2.30. The molecule has 2 aromatic heterocycles. The zero-order valence-electron chi connectivity index (χ0n) is 16.4. The number of nitrogens with zero attached hydrogens (tertiary/aromatic N) is 3. The first-order valence-corrected chi connectivity index (χ1v) is 9.32. The Labute approximate surface area is 168 Å². The number of hydrogen-bond acceptors (Lipinski definition) is 6. The maximum absolute atomic E-state index is 12.3. The summed E-state index contributed by atoms with van der Waals surface area (Å²) in [6.07, 6.45) is 3.35. The van der Waals surface area contributed by atoms with E-state index in [9.17, 15) is 4.79 Å². The molecule has 8 heteroatoms. The van der Waals surface area contributed by atoms with Crippen molar-refractivity contribution in [2.45, 2.75) is 12.7 Å². The van der Waals surface area contributed by atoms with Crippen LogP contribution in [0, 0.1) is 0 Å². The largest absolute Gasteiger partial charge is 0.497 e. The molecule has 4 rings (SSSR count). The summed E-state index contributed by atoms with van der Waals surface area (Å²) in [5.74, 6) is 1.33. The Morgan fingerprint density at radius 2 is 2.00 bits per heavy atom. The third-order valence-corrected chi connectivity index (χ3v) is 4.83. The number of amides is 1. The van der Waals surface area contributed by atoms with Crippen molar-refractivity contribution in [1.29, 1.82) is 0 Å². The maximum atomic E-state index is 12.3. The summed E-state index contributed by atoms with van der Waals surface area (Å²) in [6, 6.07) is 11.2. The Bertz CT molecular complexity index is 986. The Hall–Kier alpha value is -3.10. The number of imidazole rings is 1. The van der Waals surface area contributed by atoms with Crippen LogP contribution in [-0.2, 0) is 20.9 Å². The summed E-state index contributed by atoms with van der Waals surface area (Å²) < 4.78 is 24.0. The lowest BCUT2D eigenvalue weighted by Crippen LogP contribution is -2.48. The zero-order chi connectivity index (χ0) is 20.2. The van der Waals surface area contributed by atoms with Gasteiger partial charge in [0.2, 0.25) is 0 Å². The lowest BCUT2D eigenvalue weighted by Gasteiger charge is -2.32. The lowest BCUT2D eigenvalue weighted by atomic mass is 10.2. The van der Waals surface area contributed by atoms with Gasteiger partial charge >= 0.3 is 0 Å². The molecule has 8 nitrogen and oxygen atoms in total. The molecule has 0 radical (unpaired) electrons. The molecule has 3 aromatic rings. The van der Waals surface area contributed by atoms with Crippen LogP contribution in [0.3, 0.4) is 0 Å². The second-order valence-corrected chi connectivity index (χ2v) is 6.69. The number of anilines is 1. The number of fused-ring (bicyclic) bond motifs is 1. The summed E-state index contributed by atoms with van der Waals surface area (Å²) in [6.45, 7) is 1.23. The zero-order valence-corrected chi connectivity index (χ0v) is 16.4. The van der Waals surface area contributed by atoms with Gasteiger partial charge in [0.25, 0.3) is 5.91 Å². The van der Waals surface area contributed by atoms with Crippen LogP contribution in [0.2, 0.25) is 0 Å². The van der Waals surface area contributed by atoms with Crippen molar-refractivity contribution in [1.82, 2.24) is 9.38 Å². The maximum Gasteiger partial charge on any atom is 0.253 e. The third-order valence-electron chi connectivity index (χ3n) is 4.83. The van der Waals surface area contributed by atoms with Gasteiger partial charge in [0, 0.05) is 25.2 Å². The van der Waals surface area contributed by atoms with Gasteiger partial charge in [-0.15, -0.1) is 0 Å². The van der Waals surface area contributed by atoms with E-state index in [1.54, 1.807) is 25.3 Å². The number of morpholine rings is 1. The van der Waals surface area contributed by atoms with Crippen molar-refractivity contribution >= 4 is 17.2 Å². The minimum absolute atomic E-state index is 0.0195. The average Bonchev–Trinajstić information content (AvgIpc) is 3.25. The Morgan fingerprint density at radius 1 is 1.17 bits per heavy atom. The summed E-state index contributed by atoms with van der Waals surface area (Å²) in [7, 11) is 3.27. The summed E-state index contributed by atoms with van der Waals surface area (Å²) in [5.41, 5.74) is 2.51. The number of benzene rings is 1. The molecular formula is C21H23N3O5. The van der Waals surface area contributed by atoms with Gasteiger partial charge in [-0.3, -0.25) is 9.20 Å². The molecule has 1 unspecified atom stereocenters. The topological polar surface area (TPSA) is 74.5 Å². The highest BCUT2D eigenvalue weighted by atomic mass is 16.5. The van der Waals surface area contributed by atoms with Crippen molar-refractivity contribution in [3.63, 3.8) is 0 Å². The van der Waals surface area contributed by atoms with E-state index in [-0.39, 0.29) is 18.6 Å². The smallest absolute Gasteiger partial charge is 0.253 e. The van der Waals surface area contributed by atoms with Crippen LogP contribution in [0.5, 0.6) is 11.5 Å². The minimum Gasteiger partial charge on any atom is -0.497 e. The van der Waals surface area contributed by atoms with E-state index in [0.717, 1.165) is 22.8 Å². The van der Waals surface area contributed by atoms with Gasteiger partial charge in [-0.25, -0.2) is 4.98 Å². The molecule has 1 atom stereocenters. The Balaban J connectivity index is 1.45. The van der Waals surface area contributed by atoms with Crippen LogP contribution in [-0.4, -0.2) is 55.4 Å². The number of rotatable bonds is 7. The van der Waals surface area contributed by atoms with Crippen molar-refractivity contribution in [2.24, 2.45) is 0 Å². The summed E-state index contributed by atoms with van der Waals surface area (Å²) in [5, 5.41) is 0. The molecule has 1 aliphatic heterocycles. The number of methoxy groups -OCH3 is 2. The molecular weight excluding hydrogens is 374 g/mol. The van der Waals surface area contributed by atoms with E-state index in [0.29, 0.717) is 25.5 Å². The van der Waals surface area contributed by atoms with Crippen LogP contribution in [0.1, 0.15) is 5.69 Å². The third kappa shape index (κ3) is 4.03. The van der Waals surface area contributed by atoms with E-state index in [2.05, 4.69) is 4.98 Å². The van der Waals surface area contributed by atoms with Gasteiger partial charge in [0.1, 0.15) is 25.1 Å². The summed E-state index contributed by atoms with van der Waals surface area (Å²) in [4.78, 5) is 18.4. The number of ether oxygens (including phenoxy) is 4. The molecule has 152 valence electrons. The van der Waals surface area contributed by atoms with Crippen LogP contribution in [0.25, 0.3) is 5.65 Å². The van der Waals surface area contributed by atoms with E-state index < -0.39 is 0 Å². The SMILES string of the molecule is COCc1ccc(OCC2CN(c3ccc(OC)cc3)C(=O)CO2)c2nccn12. The quantitative estimate of drug-likeness (QED) is 0.609. The molecule has 1 fully saturated rings. The number of carbonyl (C=O) groups excluding carboxylic acids is 1. The fraction of sp³-hybridized carbons (Fsp3) is 0.333. The minimum atomic E-state index is -0.247. The molecule has 0 aliphatic carbocycles. The second kappa shape index (κ2) is 8.50. The van der Waals surface area contributed by atoms with Gasteiger partial charge in [0.15, 0.2) is 11.4 Å². The van der Waals surface area contributed by atoms with Crippen molar-refractivity contribution < 1.29 is 23.7 Å². The molecule has 3 heterocycles.